The molecule has 4 aliphatic rings. The van der Waals surface area contributed by atoms with Crippen LogP contribution < -0.4 is 19.3 Å². The highest BCUT2D eigenvalue weighted by molar-refractivity contribution is 6.24. The molecule has 1 saturated carbocycles. The minimum Gasteiger partial charge on any atom is -0.502 e. The Morgan fingerprint density at radius 2 is 1.17 bits per heavy atom. The van der Waals surface area contributed by atoms with E-state index in [0.717, 1.165) is 29.5 Å². The number of nitrogens with zero attached hydrogens (tertiary/aromatic N) is 2. The lowest BCUT2D eigenvalue weighted by atomic mass is 9.57. The molecule has 7 rings (SSSR count). The van der Waals surface area contributed by atoms with E-state index in [2.05, 4.69) is 0 Å². The number of anilines is 2. The highest BCUT2D eigenvalue weighted by Gasteiger charge is 2.62. The molecule has 1 N–H and O–H groups in total. The molecule has 0 bridgehead atoms. The largest absolute Gasteiger partial charge is 0.502 e. The Bertz CT molecular complexity index is 1790. The molecule has 0 spiro atoms. The zero-order valence-electron chi connectivity index (χ0n) is 26.9. The number of allylic oxidation sites excluding steroid dienone is 2. The first-order valence-electron chi connectivity index (χ1n) is 16.3. The summed E-state index contributed by atoms with van der Waals surface area (Å²) in [5.74, 6) is -4.72. The number of hydrogen-bond acceptors (Lipinski definition) is 7. The standard InChI is InChI=1S/C38H38N2O7/c1-5-20-7-11-23(12-8-20)39-35(42)26-16-15-25-27(32(26)37(39)44)19-28-33(31(25)22-17-29(46-3)34(41)30(18-22)47-4)38(45)40(36(28)43)24-13-9-21(6-2)10-14-24/h7-15,17-18,26-28,31-33,41H,5-6,16,19H2,1-4H3/t26-,27+,28+,31-,32-,33+/m0/s1. The van der Waals surface area contributed by atoms with Gasteiger partial charge in [0.2, 0.25) is 29.4 Å². The second kappa shape index (κ2) is 11.7. The number of aromatic hydroxyl groups is 1. The quantitative estimate of drug-likeness (QED) is 0.267. The molecule has 242 valence electrons. The van der Waals surface area contributed by atoms with Gasteiger partial charge in [0.1, 0.15) is 0 Å². The lowest BCUT2D eigenvalue weighted by Gasteiger charge is -2.44. The lowest BCUT2D eigenvalue weighted by molar-refractivity contribution is -0.126. The molecule has 3 fully saturated rings. The molecule has 0 radical (unpaired) electrons. The maximum atomic E-state index is 14.4. The molecule has 2 saturated heterocycles. The first-order chi connectivity index (χ1) is 22.7. The zero-order chi connectivity index (χ0) is 33.1. The van der Waals surface area contributed by atoms with Crippen molar-refractivity contribution in [3.63, 3.8) is 0 Å². The van der Waals surface area contributed by atoms with Gasteiger partial charge >= 0.3 is 0 Å². The molecule has 9 nitrogen and oxygen atoms in total. The van der Waals surface area contributed by atoms with E-state index in [-0.39, 0.29) is 47.3 Å². The van der Waals surface area contributed by atoms with Crippen molar-refractivity contribution in [2.45, 2.75) is 45.4 Å². The van der Waals surface area contributed by atoms with Crippen molar-refractivity contribution in [1.82, 2.24) is 0 Å². The monoisotopic (exact) mass is 634 g/mol. The third-order valence-electron chi connectivity index (χ3n) is 10.7. The summed E-state index contributed by atoms with van der Waals surface area (Å²) in [6, 6.07) is 18.3. The molecule has 2 heterocycles. The SMILES string of the molecule is CCc1ccc(N2C(=O)[C@H]3[C@H](CC=C4[C@H]3C[C@H]3C(=O)N(c5ccc(CC)cc5)C(=O)[C@H]3[C@H]4c3cc(OC)c(O)c(OC)c3)C2=O)cc1. The van der Waals surface area contributed by atoms with Gasteiger partial charge in [-0.1, -0.05) is 49.8 Å². The average Bonchev–Trinajstić information content (AvgIpc) is 3.51. The van der Waals surface area contributed by atoms with Gasteiger partial charge in [0.05, 0.1) is 49.3 Å². The van der Waals surface area contributed by atoms with Crippen LogP contribution in [0.5, 0.6) is 17.2 Å². The van der Waals surface area contributed by atoms with Crippen molar-refractivity contribution in [2.24, 2.45) is 29.6 Å². The highest BCUT2D eigenvalue weighted by atomic mass is 16.5. The normalized spacial score (nSPS) is 26.6. The van der Waals surface area contributed by atoms with Gasteiger partial charge in [-0.05, 0) is 84.7 Å². The maximum absolute atomic E-state index is 14.4. The van der Waals surface area contributed by atoms with Crippen molar-refractivity contribution in [3.05, 3.63) is 89.0 Å². The zero-order valence-corrected chi connectivity index (χ0v) is 26.9. The Kier molecular flexibility index (Phi) is 7.65. The molecule has 47 heavy (non-hydrogen) atoms. The number of hydrogen-bond donors (Lipinski definition) is 1. The number of rotatable bonds is 7. The summed E-state index contributed by atoms with van der Waals surface area (Å²) in [5.41, 5.74) is 4.74. The van der Waals surface area contributed by atoms with Crippen LogP contribution in [0.15, 0.2) is 72.3 Å². The van der Waals surface area contributed by atoms with E-state index in [0.29, 0.717) is 23.4 Å². The maximum Gasteiger partial charge on any atom is 0.238 e. The number of ether oxygens (including phenoxy) is 2. The van der Waals surface area contributed by atoms with E-state index in [1.54, 1.807) is 24.3 Å². The van der Waals surface area contributed by atoms with Gasteiger partial charge in [-0.25, -0.2) is 0 Å². The number of amides is 4. The van der Waals surface area contributed by atoms with Crippen LogP contribution in [0.25, 0.3) is 0 Å². The highest BCUT2D eigenvalue weighted by Crippen LogP contribution is 2.59. The fourth-order valence-electron chi connectivity index (χ4n) is 8.33. The average molecular weight is 635 g/mol. The Hall–Kier alpha value is -4.92. The van der Waals surface area contributed by atoms with Crippen LogP contribution in [-0.2, 0) is 32.0 Å². The molecule has 0 unspecified atom stereocenters. The van der Waals surface area contributed by atoms with Crippen LogP contribution in [-0.4, -0.2) is 43.0 Å². The number of benzene rings is 3. The predicted molar refractivity (Wildman–Crippen MR) is 175 cm³/mol. The van der Waals surface area contributed by atoms with Gasteiger partial charge in [-0.3, -0.25) is 29.0 Å². The second-order valence-electron chi connectivity index (χ2n) is 12.9. The number of methoxy groups -OCH3 is 2. The van der Waals surface area contributed by atoms with Crippen LogP contribution in [0.4, 0.5) is 11.4 Å². The number of carbonyl (C=O) groups is 4. The summed E-state index contributed by atoms with van der Waals surface area (Å²) in [6.07, 6.45) is 4.28. The number of fused-ring (bicyclic) bond motifs is 4. The molecular formula is C38H38N2O7. The van der Waals surface area contributed by atoms with E-state index in [9.17, 15) is 24.3 Å². The van der Waals surface area contributed by atoms with Gasteiger partial charge < -0.3 is 14.6 Å². The molecular weight excluding hydrogens is 596 g/mol. The smallest absolute Gasteiger partial charge is 0.238 e. The summed E-state index contributed by atoms with van der Waals surface area (Å²) in [6.45, 7) is 4.09. The van der Waals surface area contributed by atoms with E-state index >= 15 is 0 Å². The van der Waals surface area contributed by atoms with E-state index in [1.807, 2.05) is 56.3 Å². The fraction of sp³-hybridized carbons (Fsp3) is 0.368. The molecule has 4 amide bonds. The molecule has 2 aliphatic heterocycles. The summed E-state index contributed by atoms with van der Waals surface area (Å²) in [5, 5.41) is 10.7. The number of phenols is 1. The van der Waals surface area contributed by atoms with Crippen LogP contribution >= 0.6 is 0 Å². The number of aryl methyl sites for hydroxylation is 2. The van der Waals surface area contributed by atoms with Crippen LogP contribution in [0.1, 0.15) is 49.3 Å². The second-order valence-corrected chi connectivity index (χ2v) is 12.9. The van der Waals surface area contributed by atoms with Gasteiger partial charge in [-0.2, -0.15) is 0 Å². The number of phenolic OH excluding ortho intramolecular Hbond substituents is 1. The van der Waals surface area contributed by atoms with Gasteiger partial charge in [-0.15, -0.1) is 0 Å². The topological polar surface area (TPSA) is 113 Å². The summed E-state index contributed by atoms with van der Waals surface area (Å²) in [7, 11) is 2.87. The van der Waals surface area contributed by atoms with E-state index < -0.39 is 35.5 Å². The van der Waals surface area contributed by atoms with E-state index in [1.165, 1.54) is 24.0 Å². The lowest BCUT2D eigenvalue weighted by Crippen LogP contribution is -2.43. The van der Waals surface area contributed by atoms with Gasteiger partial charge in [0.15, 0.2) is 11.5 Å². The molecule has 2 aliphatic carbocycles. The van der Waals surface area contributed by atoms with Crippen molar-refractivity contribution >= 4 is 35.0 Å². The Balaban J connectivity index is 1.34. The molecule has 6 atom stereocenters. The summed E-state index contributed by atoms with van der Waals surface area (Å²) < 4.78 is 11.0. The Labute approximate surface area is 273 Å². The number of imide groups is 2. The van der Waals surface area contributed by atoms with Crippen molar-refractivity contribution < 1.29 is 33.8 Å². The van der Waals surface area contributed by atoms with Gasteiger partial charge in [0.25, 0.3) is 0 Å². The van der Waals surface area contributed by atoms with Crippen molar-refractivity contribution in [3.8, 4) is 17.2 Å². The minimum absolute atomic E-state index is 0.171. The summed E-state index contributed by atoms with van der Waals surface area (Å²) >= 11 is 0. The third kappa shape index (κ3) is 4.66. The van der Waals surface area contributed by atoms with Crippen LogP contribution in [0, 0.1) is 29.6 Å². The summed E-state index contributed by atoms with van der Waals surface area (Å²) in [4.78, 5) is 59.4. The molecule has 3 aromatic rings. The van der Waals surface area contributed by atoms with E-state index in [4.69, 9.17) is 9.47 Å². The Morgan fingerprint density at radius 3 is 1.66 bits per heavy atom. The number of carbonyl (C=O) groups excluding carboxylic acids is 4. The van der Waals surface area contributed by atoms with Crippen molar-refractivity contribution in [1.29, 1.82) is 0 Å². The third-order valence-corrected chi connectivity index (χ3v) is 10.7. The molecule has 9 heteroatoms. The first-order valence-corrected chi connectivity index (χ1v) is 16.3. The van der Waals surface area contributed by atoms with Crippen molar-refractivity contribution in [2.75, 3.05) is 24.0 Å². The molecule has 3 aromatic carbocycles. The Morgan fingerprint density at radius 1 is 0.681 bits per heavy atom. The first kappa shape index (κ1) is 30.7. The van der Waals surface area contributed by atoms with Gasteiger partial charge in [0, 0.05) is 5.92 Å². The fourth-order valence-corrected chi connectivity index (χ4v) is 8.33. The minimum atomic E-state index is -0.753. The van der Waals surface area contributed by atoms with Crippen LogP contribution in [0.2, 0.25) is 0 Å². The predicted octanol–water partition coefficient (Wildman–Crippen LogP) is 5.58. The van der Waals surface area contributed by atoms with Crippen LogP contribution in [0.3, 0.4) is 0 Å². The molecule has 0 aromatic heterocycles.